The third-order valence-corrected chi connectivity index (χ3v) is 3.73. The van der Waals surface area contributed by atoms with E-state index in [9.17, 15) is 14.3 Å². The molecule has 0 aliphatic carbocycles. The lowest BCUT2D eigenvalue weighted by Gasteiger charge is -2.27. The fourth-order valence-electron chi connectivity index (χ4n) is 2.52. The first-order chi connectivity index (χ1) is 11.1. The number of carbonyl (C=O) groups excluding carboxylic acids is 1. The molecule has 1 aromatic carbocycles. The number of hydrogen-bond acceptors (Lipinski definition) is 5. The fraction of sp³-hybridized carbons (Fsp3) is 0.375. The number of benzene rings is 1. The average Bonchev–Trinajstić information content (AvgIpc) is 3.01. The van der Waals surface area contributed by atoms with Crippen LogP contribution in [0.25, 0.3) is 11.3 Å². The van der Waals surface area contributed by atoms with Gasteiger partial charge in [-0.05, 0) is 31.2 Å². The monoisotopic (exact) mass is 320 g/mol. The lowest BCUT2D eigenvalue weighted by Crippen LogP contribution is -2.41. The molecule has 0 saturated carbocycles. The summed E-state index contributed by atoms with van der Waals surface area (Å²) in [6.07, 6.45) is -0.975. The van der Waals surface area contributed by atoms with Crippen molar-refractivity contribution in [3.05, 3.63) is 41.4 Å². The molecule has 1 aliphatic rings. The number of hydrogen-bond donors (Lipinski definition) is 1. The molecule has 1 saturated heterocycles. The predicted octanol–water partition coefficient (Wildman–Crippen LogP) is 2.01. The summed E-state index contributed by atoms with van der Waals surface area (Å²) >= 11 is 0. The van der Waals surface area contributed by atoms with Gasteiger partial charge in [-0.15, -0.1) is 0 Å². The summed E-state index contributed by atoms with van der Waals surface area (Å²) in [6, 6.07) is 5.62. The zero-order valence-corrected chi connectivity index (χ0v) is 12.7. The Bertz CT molecular complexity index is 691. The molecule has 0 bridgehead atoms. The van der Waals surface area contributed by atoms with Crippen molar-refractivity contribution < 1.29 is 23.6 Å². The standard InChI is InChI=1S/C16H17FN2O4/c1-10(20)15-13(16(21)19-6-8-22-9-7-19)14(18-23-15)11-2-4-12(17)5-3-11/h2-5,10,20H,6-9H2,1H3/t10-/m0/s1. The predicted molar refractivity (Wildman–Crippen MR) is 79.3 cm³/mol. The molecule has 1 atom stereocenters. The van der Waals surface area contributed by atoms with E-state index in [1.54, 1.807) is 4.90 Å². The van der Waals surface area contributed by atoms with Crippen LogP contribution in [-0.4, -0.2) is 47.4 Å². The molecule has 0 unspecified atom stereocenters. The molecule has 0 radical (unpaired) electrons. The maximum atomic E-state index is 13.1. The van der Waals surface area contributed by atoms with Crippen molar-refractivity contribution >= 4 is 5.91 Å². The summed E-state index contributed by atoms with van der Waals surface area (Å²) in [5, 5.41) is 13.8. The molecule has 1 fully saturated rings. The number of halogens is 1. The molecule has 6 nitrogen and oxygen atoms in total. The van der Waals surface area contributed by atoms with Crippen molar-refractivity contribution in [2.45, 2.75) is 13.0 Å². The topological polar surface area (TPSA) is 75.8 Å². The van der Waals surface area contributed by atoms with Gasteiger partial charge in [-0.25, -0.2) is 4.39 Å². The summed E-state index contributed by atoms with van der Waals surface area (Å²) in [5.41, 5.74) is 1.07. The van der Waals surface area contributed by atoms with Crippen molar-refractivity contribution in [2.75, 3.05) is 26.3 Å². The lowest BCUT2D eigenvalue weighted by atomic mass is 10.0. The highest BCUT2D eigenvalue weighted by molar-refractivity contribution is 6.01. The normalized spacial score (nSPS) is 16.4. The van der Waals surface area contributed by atoms with E-state index in [1.807, 2.05) is 0 Å². The molecule has 1 N–H and O–H groups in total. The molecule has 2 aromatic rings. The van der Waals surface area contributed by atoms with Crippen LogP contribution in [0.4, 0.5) is 4.39 Å². The van der Waals surface area contributed by atoms with Crippen LogP contribution in [0.5, 0.6) is 0 Å². The smallest absolute Gasteiger partial charge is 0.260 e. The van der Waals surface area contributed by atoms with Crippen molar-refractivity contribution in [3.63, 3.8) is 0 Å². The van der Waals surface area contributed by atoms with Gasteiger partial charge >= 0.3 is 0 Å². The van der Waals surface area contributed by atoms with Crippen molar-refractivity contribution in [1.29, 1.82) is 0 Å². The molecule has 1 aliphatic heterocycles. The average molecular weight is 320 g/mol. The highest BCUT2D eigenvalue weighted by atomic mass is 19.1. The van der Waals surface area contributed by atoms with Crippen LogP contribution in [0, 0.1) is 5.82 Å². The Morgan fingerprint density at radius 2 is 1.96 bits per heavy atom. The van der Waals surface area contributed by atoms with Crippen LogP contribution in [0.1, 0.15) is 29.1 Å². The minimum Gasteiger partial charge on any atom is -0.385 e. The van der Waals surface area contributed by atoms with Crippen LogP contribution < -0.4 is 0 Å². The van der Waals surface area contributed by atoms with Crippen molar-refractivity contribution in [1.82, 2.24) is 10.1 Å². The molecule has 23 heavy (non-hydrogen) atoms. The Morgan fingerprint density at radius 1 is 1.30 bits per heavy atom. The van der Waals surface area contributed by atoms with E-state index >= 15 is 0 Å². The zero-order valence-electron chi connectivity index (χ0n) is 12.7. The maximum Gasteiger partial charge on any atom is 0.260 e. The molecule has 122 valence electrons. The summed E-state index contributed by atoms with van der Waals surface area (Å²) < 4.78 is 23.5. The Kier molecular flexibility index (Phi) is 4.40. The number of aromatic nitrogens is 1. The molecular weight excluding hydrogens is 303 g/mol. The number of ether oxygens (including phenoxy) is 1. The summed E-state index contributed by atoms with van der Waals surface area (Å²) in [4.78, 5) is 14.5. The first kappa shape index (κ1) is 15.6. The SMILES string of the molecule is C[C@H](O)c1onc(-c2ccc(F)cc2)c1C(=O)N1CCOCC1. The van der Waals surface area contributed by atoms with Crippen LogP contribution in [-0.2, 0) is 4.74 Å². The van der Waals surface area contributed by atoms with Crippen LogP contribution in [0.3, 0.4) is 0 Å². The van der Waals surface area contributed by atoms with Gasteiger partial charge in [0.1, 0.15) is 23.2 Å². The number of rotatable bonds is 3. The first-order valence-corrected chi connectivity index (χ1v) is 7.38. The van der Waals surface area contributed by atoms with Gasteiger partial charge < -0.3 is 19.3 Å². The molecule has 7 heteroatoms. The molecule has 0 spiro atoms. The summed E-state index contributed by atoms with van der Waals surface area (Å²) in [5.74, 6) is -0.542. The van der Waals surface area contributed by atoms with E-state index in [0.29, 0.717) is 37.6 Å². The van der Waals surface area contributed by atoms with Gasteiger partial charge in [0, 0.05) is 18.7 Å². The molecule has 1 amide bonds. The van der Waals surface area contributed by atoms with Gasteiger partial charge in [-0.2, -0.15) is 0 Å². The molecule has 3 rings (SSSR count). The van der Waals surface area contributed by atoms with Gasteiger partial charge in [-0.3, -0.25) is 4.79 Å². The quantitative estimate of drug-likeness (QED) is 0.936. The Labute approximate surface area is 132 Å². The van der Waals surface area contributed by atoms with Gasteiger partial charge in [-0.1, -0.05) is 5.16 Å². The van der Waals surface area contributed by atoms with E-state index in [1.165, 1.54) is 31.2 Å². The Balaban J connectivity index is 2.03. The second-order valence-corrected chi connectivity index (χ2v) is 5.36. The summed E-state index contributed by atoms with van der Waals surface area (Å²) in [7, 11) is 0. The van der Waals surface area contributed by atoms with E-state index in [2.05, 4.69) is 5.16 Å². The third kappa shape index (κ3) is 3.11. The zero-order chi connectivity index (χ0) is 16.4. The summed E-state index contributed by atoms with van der Waals surface area (Å²) in [6.45, 7) is 3.36. The Morgan fingerprint density at radius 3 is 2.57 bits per heavy atom. The van der Waals surface area contributed by atoms with Gasteiger partial charge in [0.05, 0.1) is 13.2 Å². The number of carbonyl (C=O) groups is 1. The van der Waals surface area contributed by atoms with E-state index in [4.69, 9.17) is 9.26 Å². The molecule has 2 heterocycles. The second kappa shape index (κ2) is 6.47. The number of aliphatic hydroxyl groups excluding tert-OH is 1. The van der Waals surface area contributed by atoms with Crippen LogP contribution >= 0.6 is 0 Å². The van der Waals surface area contributed by atoms with Crippen molar-refractivity contribution in [3.8, 4) is 11.3 Å². The minimum absolute atomic E-state index is 0.112. The van der Waals surface area contributed by atoms with Crippen LogP contribution in [0.2, 0.25) is 0 Å². The number of aliphatic hydroxyl groups is 1. The van der Waals surface area contributed by atoms with E-state index < -0.39 is 6.10 Å². The lowest BCUT2D eigenvalue weighted by molar-refractivity contribution is 0.0298. The number of amides is 1. The highest BCUT2D eigenvalue weighted by Crippen LogP contribution is 2.30. The Hall–Kier alpha value is -2.25. The maximum absolute atomic E-state index is 13.1. The largest absolute Gasteiger partial charge is 0.385 e. The van der Waals surface area contributed by atoms with Crippen molar-refractivity contribution in [2.24, 2.45) is 0 Å². The van der Waals surface area contributed by atoms with Crippen LogP contribution in [0.15, 0.2) is 28.8 Å². The highest BCUT2D eigenvalue weighted by Gasteiger charge is 2.30. The molecule has 1 aromatic heterocycles. The van der Waals surface area contributed by atoms with E-state index in [-0.39, 0.29) is 23.0 Å². The van der Waals surface area contributed by atoms with E-state index in [0.717, 1.165) is 0 Å². The minimum atomic E-state index is -0.975. The molecular formula is C16H17FN2O4. The first-order valence-electron chi connectivity index (χ1n) is 7.38. The number of nitrogens with zero attached hydrogens (tertiary/aromatic N) is 2. The van der Waals surface area contributed by atoms with Gasteiger partial charge in [0.25, 0.3) is 5.91 Å². The van der Waals surface area contributed by atoms with Gasteiger partial charge in [0.2, 0.25) is 0 Å². The fourth-order valence-corrected chi connectivity index (χ4v) is 2.52. The van der Waals surface area contributed by atoms with Gasteiger partial charge in [0.15, 0.2) is 5.76 Å². The second-order valence-electron chi connectivity index (χ2n) is 5.36. The number of morpholine rings is 1. The third-order valence-electron chi connectivity index (χ3n) is 3.73.